The zero-order chi connectivity index (χ0) is 14.5. The average molecular weight is 274 g/mol. The highest BCUT2D eigenvalue weighted by molar-refractivity contribution is 5.31. The summed E-state index contributed by atoms with van der Waals surface area (Å²) in [5, 5.41) is 10.1. The average Bonchev–Trinajstić information content (AvgIpc) is 2.46. The predicted molar refractivity (Wildman–Crippen MR) is 77.4 cm³/mol. The number of hydrogen-bond acceptors (Lipinski definition) is 2. The number of aliphatic hydroxyl groups excluding tert-OH is 1. The van der Waals surface area contributed by atoms with Crippen molar-refractivity contribution in [3.05, 3.63) is 65.0 Å². The predicted octanol–water partition coefficient (Wildman–Crippen LogP) is 3.81. The fraction of sp³-hybridized carbons (Fsp3) is 0.294. The molecule has 0 aliphatic carbocycles. The molecule has 0 spiro atoms. The lowest BCUT2D eigenvalue weighted by Gasteiger charge is -2.13. The molecule has 3 heteroatoms. The monoisotopic (exact) mass is 274 g/mol. The van der Waals surface area contributed by atoms with Crippen molar-refractivity contribution < 1.29 is 14.2 Å². The number of ether oxygens (including phenoxy) is 1. The number of aliphatic hydroxyl groups is 1. The molecule has 0 aromatic heterocycles. The smallest absolute Gasteiger partial charge is 0.132 e. The molecule has 1 atom stereocenters. The molecule has 2 rings (SSSR count). The SMILES string of the molecule is COc1ccc(C(O)CCc2ccccc2C)c(F)c1. The van der Waals surface area contributed by atoms with Crippen molar-refractivity contribution in [2.75, 3.05) is 7.11 Å². The van der Waals surface area contributed by atoms with Crippen LogP contribution in [0.5, 0.6) is 5.75 Å². The third kappa shape index (κ3) is 3.36. The quantitative estimate of drug-likeness (QED) is 0.898. The maximum atomic E-state index is 13.9. The van der Waals surface area contributed by atoms with Crippen LogP contribution in [0.1, 0.15) is 29.2 Å². The van der Waals surface area contributed by atoms with Gasteiger partial charge in [-0.25, -0.2) is 4.39 Å². The molecule has 106 valence electrons. The summed E-state index contributed by atoms with van der Waals surface area (Å²) in [5.74, 6) is 0.0268. The van der Waals surface area contributed by atoms with Gasteiger partial charge in [-0.2, -0.15) is 0 Å². The fourth-order valence-electron chi connectivity index (χ4n) is 2.24. The molecule has 0 aliphatic heterocycles. The molecule has 20 heavy (non-hydrogen) atoms. The van der Waals surface area contributed by atoms with Crippen LogP contribution >= 0.6 is 0 Å². The Morgan fingerprint density at radius 1 is 1.20 bits per heavy atom. The number of rotatable bonds is 5. The van der Waals surface area contributed by atoms with Crippen LogP contribution in [0.3, 0.4) is 0 Å². The molecular weight excluding hydrogens is 255 g/mol. The van der Waals surface area contributed by atoms with Crippen LogP contribution in [-0.4, -0.2) is 12.2 Å². The minimum Gasteiger partial charge on any atom is -0.497 e. The Hall–Kier alpha value is -1.87. The normalized spacial score (nSPS) is 12.2. The Morgan fingerprint density at radius 2 is 1.95 bits per heavy atom. The summed E-state index contributed by atoms with van der Waals surface area (Å²) in [4.78, 5) is 0. The lowest BCUT2D eigenvalue weighted by molar-refractivity contribution is 0.163. The van der Waals surface area contributed by atoms with Gasteiger partial charge in [-0.3, -0.25) is 0 Å². The molecule has 0 amide bonds. The third-order valence-electron chi connectivity index (χ3n) is 3.51. The van der Waals surface area contributed by atoms with E-state index in [4.69, 9.17) is 4.74 Å². The van der Waals surface area contributed by atoms with Crippen LogP contribution in [0.4, 0.5) is 4.39 Å². The molecule has 2 nitrogen and oxygen atoms in total. The van der Waals surface area contributed by atoms with E-state index in [2.05, 4.69) is 0 Å². The van der Waals surface area contributed by atoms with Gasteiger partial charge in [0.15, 0.2) is 0 Å². The van der Waals surface area contributed by atoms with Crippen LogP contribution < -0.4 is 4.74 Å². The van der Waals surface area contributed by atoms with Gasteiger partial charge >= 0.3 is 0 Å². The summed E-state index contributed by atoms with van der Waals surface area (Å²) in [6, 6.07) is 12.6. The van der Waals surface area contributed by atoms with E-state index < -0.39 is 11.9 Å². The summed E-state index contributed by atoms with van der Waals surface area (Å²) >= 11 is 0. The van der Waals surface area contributed by atoms with Crippen LogP contribution in [0.2, 0.25) is 0 Å². The molecule has 0 heterocycles. The summed E-state index contributed by atoms with van der Waals surface area (Å²) in [7, 11) is 1.49. The van der Waals surface area contributed by atoms with Crippen LogP contribution in [-0.2, 0) is 6.42 Å². The van der Waals surface area contributed by atoms with Crippen molar-refractivity contribution >= 4 is 0 Å². The zero-order valence-corrected chi connectivity index (χ0v) is 11.8. The van der Waals surface area contributed by atoms with Crippen molar-refractivity contribution in [3.8, 4) is 5.75 Å². The third-order valence-corrected chi connectivity index (χ3v) is 3.51. The zero-order valence-electron chi connectivity index (χ0n) is 11.8. The summed E-state index contributed by atoms with van der Waals surface area (Å²) in [5.41, 5.74) is 2.69. The van der Waals surface area contributed by atoms with Gasteiger partial charge in [-0.1, -0.05) is 24.3 Å². The Labute approximate surface area is 118 Å². The first-order chi connectivity index (χ1) is 9.61. The maximum absolute atomic E-state index is 13.9. The van der Waals surface area contributed by atoms with E-state index in [0.717, 1.165) is 6.42 Å². The molecule has 0 aliphatic rings. The highest BCUT2D eigenvalue weighted by Gasteiger charge is 2.14. The molecule has 2 aromatic carbocycles. The van der Waals surface area contributed by atoms with Crippen molar-refractivity contribution in [2.24, 2.45) is 0 Å². The second-order valence-corrected chi connectivity index (χ2v) is 4.87. The van der Waals surface area contributed by atoms with Gasteiger partial charge in [-0.15, -0.1) is 0 Å². The van der Waals surface area contributed by atoms with Crippen LogP contribution in [0, 0.1) is 12.7 Å². The molecule has 0 saturated heterocycles. The van der Waals surface area contributed by atoms with Crippen LogP contribution in [0.15, 0.2) is 42.5 Å². The number of benzene rings is 2. The number of hydrogen-bond donors (Lipinski definition) is 1. The number of aryl methyl sites for hydroxylation is 2. The molecular formula is C17H19FO2. The minimum absolute atomic E-state index is 0.319. The van der Waals surface area contributed by atoms with Crippen molar-refractivity contribution in [1.82, 2.24) is 0 Å². The highest BCUT2D eigenvalue weighted by atomic mass is 19.1. The molecule has 1 unspecified atom stereocenters. The number of methoxy groups -OCH3 is 1. The first-order valence-electron chi connectivity index (χ1n) is 6.68. The summed E-state index contributed by atoms with van der Waals surface area (Å²) < 4.78 is 18.8. The van der Waals surface area contributed by atoms with E-state index >= 15 is 0 Å². The molecule has 2 aromatic rings. The van der Waals surface area contributed by atoms with E-state index in [0.29, 0.717) is 17.7 Å². The van der Waals surface area contributed by atoms with Gasteiger partial charge < -0.3 is 9.84 Å². The molecule has 0 fully saturated rings. The van der Waals surface area contributed by atoms with E-state index in [1.54, 1.807) is 12.1 Å². The van der Waals surface area contributed by atoms with Crippen molar-refractivity contribution in [3.63, 3.8) is 0 Å². The van der Waals surface area contributed by atoms with Gasteiger partial charge in [-0.05, 0) is 43.0 Å². The van der Waals surface area contributed by atoms with Gasteiger partial charge in [0.2, 0.25) is 0 Å². The second kappa shape index (κ2) is 6.53. The standard InChI is InChI=1S/C17H19FO2/c1-12-5-3-4-6-13(12)7-10-17(19)15-9-8-14(20-2)11-16(15)18/h3-6,8-9,11,17,19H,7,10H2,1-2H3. The number of halogens is 1. The van der Waals surface area contributed by atoms with Gasteiger partial charge in [0.05, 0.1) is 13.2 Å². The second-order valence-electron chi connectivity index (χ2n) is 4.87. The van der Waals surface area contributed by atoms with Crippen LogP contribution in [0.25, 0.3) is 0 Å². The van der Waals surface area contributed by atoms with Crippen molar-refractivity contribution in [2.45, 2.75) is 25.9 Å². The Kier molecular flexibility index (Phi) is 4.74. The lowest BCUT2D eigenvalue weighted by atomic mass is 9.98. The first-order valence-corrected chi connectivity index (χ1v) is 6.68. The van der Waals surface area contributed by atoms with E-state index in [1.165, 1.54) is 24.3 Å². The summed E-state index contributed by atoms with van der Waals surface area (Å²) in [6.45, 7) is 2.04. The largest absolute Gasteiger partial charge is 0.497 e. The summed E-state index contributed by atoms with van der Waals surface area (Å²) in [6.07, 6.45) is 0.411. The van der Waals surface area contributed by atoms with E-state index in [9.17, 15) is 9.50 Å². The Morgan fingerprint density at radius 3 is 2.60 bits per heavy atom. The lowest BCUT2D eigenvalue weighted by Crippen LogP contribution is -2.03. The fourth-order valence-corrected chi connectivity index (χ4v) is 2.24. The topological polar surface area (TPSA) is 29.5 Å². The molecule has 0 bridgehead atoms. The maximum Gasteiger partial charge on any atom is 0.132 e. The van der Waals surface area contributed by atoms with Gasteiger partial charge in [0, 0.05) is 11.6 Å². The highest BCUT2D eigenvalue weighted by Crippen LogP contribution is 2.25. The van der Waals surface area contributed by atoms with Gasteiger partial charge in [0.25, 0.3) is 0 Å². The van der Waals surface area contributed by atoms with E-state index in [-0.39, 0.29) is 0 Å². The minimum atomic E-state index is -0.805. The molecule has 0 radical (unpaired) electrons. The van der Waals surface area contributed by atoms with Gasteiger partial charge in [0.1, 0.15) is 11.6 Å². The Balaban J connectivity index is 2.05. The first kappa shape index (κ1) is 14.5. The van der Waals surface area contributed by atoms with Crippen molar-refractivity contribution in [1.29, 1.82) is 0 Å². The molecule has 0 saturated carbocycles. The molecule has 1 N–H and O–H groups in total. The van der Waals surface area contributed by atoms with E-state index in [1.807, 2.05) is 31.2 Å². The Bertz CT molecular complexity index is 581.